The average molecular weight is 338 g/mol. The summed E-state index contributed by atoms with van der Waals surface area (Å²) in [5, 5.41) is 1.70. The number of carbonyl (C=O) groups excluding carboxylic acids is 1. The zero-order valence-corrected chi connectivity index (χ0v) is 13.6. The topological polar surface area (TPSA) is 42.4 Å². The van der Waals surface area contributed by atoms with Crippen LogP contribution in [0.15, 0.2) is 23.6 Å². The Morgan fingerprint density at radius 2 is 2.04 bits per heavy atom. The van der Waals surface area contributed by atoms with Gasteiger partial charge in [0, 0.05) is 11.9 Å². The molecule has 1 amide bonds. The molecule has 0 N–H and O–H groups in total. The van der Waals surface area contributed by atoms with Gasteiger partial charge in [-0.2, -0.15) is 0 Å². The van der Waals surface area contributed by atoms with Gasteiger partial charge >= 0.3 is 0 Å². The lowest BCUT2D eigenvalue weighted by molar-refractivity contribution is -0.0388. The van der Waals surface area contributed by atoms with Crippen molar-refractivity contribution in [2.75, 3.05) is 13.2 Å². The highest BCUT2D eigenvalue weighted by atomic mass is 32.1. The van der Waals surface area contributed by atoms with Crippen LogP contribution in [0.1, 0.15) is 24.3 Å². The molecule has 1 aromatic heterocycles. The van der Waals surface area contributed by atoms with E-state index in [0.29, 0.717) is 13.2 Å². The predicted octanol–water partition coefficient (Wildman–Crippen LogP) is 3.34. The number of halogens is 2. The second-order valence-corrected chi connectivity index (χ2v) is 6.44. The van der Waals surface area contributed by atoms with Gasteiger partial charge in [-0.1, -0.05) is 6.07 Å². The second kappa shape index (κ2) is 6.33. The first-order valence-electron chi connectivity index (χ1n) is 7.30. The minimum atomic E-state index is -0.688. The number of nitrogens with zero attached hydrogens (tertiary/aromatic N) is 2. The van der Waals surface area contributed by atoms with E-state index in [2.05, 4.69) is 4.98 Å². The summed E-state index contributed by atoms with van der Waals surface area (Å²) in [6.45, 7) is 4.73. The third kappa shape index (κ3) is 3.11. The molecule has 2 aromatic rings. The smallest absolute Gasteiger partial charge is 0.273 e. The molecule has 3 rings (SSSR count). The number of morpholine rings is 1. The van der Waals surface area contributed by atoms with Gasteiger partial charge in [0.2, 0.25) is 0 Å². The molecule has 2 heterocycles. The van der Waals surface area contributed by atoms with Gasteiger partial charge in [0.05, 0.1) is 24.3 Å². The van der Waals surface area contributed by atoms with Gasteiger partial charge in [0.1, 0.15) is 22.3 Å². The van der Waals surface area contributed by atoms with Gasteiger partial charge in [-0.25, -0.2) is 13.8 Å². The zero-order chi connectivity index (χ0) is 16.6. The maximum Gasteiger partial charge on any atom is 0.273 e. The van der Waals surface area contributed by atoms with Crippen LogP contribution in [0, 0.1) is 11.6 Å². The molecule has 7 heteroatoms. The first-order chi connectivity index (χ1) is 11.0. The fourth-order valence-electron chi connectivity index (χ4n) is 2.52. The van der Waals surface area contributed by atoms with Gasteiger partial charge in [-0.15, -0.1) is 11.3 Å². The van der Waals surface area contributed by atoms with Crippen LogP contribution < -0.4 is 0 Å². The van der Waals surface area contributed by atoms with Crippen LogP contribution in [0.2, 0.25) is 0 Å². The van der Waals surface area contributed by atoms with Crippen LogP contribution in [0.5, 0.6) is 0 Å². The van der Waals surface area contributed by atoms with Crippen LogP contribution in [0.25, 0.3) is 10.6 Å². The molecule has 2 atom stereocenters. The van der Waals surface area contributed by atoms with E-state index >= 15 is 0 Å². The lowest BCUT2D eigenvalue weighted by Gasteiger charge is -2.36. The van der Waals surface area contributed by atoms with Crippen molar-refractivity contribution in [3.63, 3.8) is 0 Å². The van der Waals surface area contributed by atoms with Crippen LogP contribution in [0.3, 0.4) is 0 Å². The highest BCUT2D eigenvalue weighted by molar-refractivity contribution is 7.13. The summed E-state index contributed by atoms with van der Waals surface area (Å²) in [7, 11) is 0. The SMILES string of the molecule is C[C@@H]1CO[C@@H](C)CN1C(=O)c1csc(-c2c(F)cccc2F)n1. The summed E-state index contributed by atoms with van der Waals surface area (Å²) in [6, 6.07) is 3.58. The van der Waals surface area contributed by atoms with Gasteiger partial charge in [-0.05, 0) is 26.0 Å². The number of aromatic nitrogens is 1. The van der Waals surface area contributed by atoms with Crippen molar-refractivity contribution < 1.29 is 18.3 Å². The lowest BCUT2D eigenvalue weighted by Crippen LogP contribution is -2.50. The third-order valence-electron chi connectivity index (χ3n) is 3.77. The molecule has 1 fully saturated rings. The number of ether oxygens (including phenoxy) is 1. The van der Waals surface area contributed by atoms with Crippen molar-refractivity contribution in [2.45, 2.75) is 26.0 Å². The van der Waals surface area contributed by atoms with Crippen molar-refractivity contribution in [3.8, 4) is 10.6 Å². The van der Waals surface area contributed by atoms with E-state index in [1.165, 1.54) is 23.6 Å². The van der Waals surface area contributed by atoms with E-state index in [1.807, 2.05) is 13.8 Å². The molecular weight excluding hydrogens is 322 g/mol. The van der Waals surface area contributed by atoms with Crippen LogP contribution in [0.4, 0.5) is 8.78 Å². The molecule has 1 aromatic carbocycles. The molecule has 1 saturated heterocycles. The summed E-state index contributed by atoms with van der Waals surface area (Å²) < 4.78 is 33.2. The van der Waals surface area contributed by atoms with E-state index in [1.54, 1.807) is 4.90 Å². The first kappa shape index (κ1) is 16.0. The highest BCUT2D eigenvalue weighted by Gasteiger charge is 2.30. The predicted molar refractivity (Wildman–Crippen MR) is 83.4 cm³/mol. The number of hydrogen-bond acceptors (Lipinski definition) is 4. The number of hydrogen-bond donors (Lipinski definition) is 0. The lowest BCUT2D eigenvalue weighted by atomic mass is 10.2. The fraction of sp³-hybridized carbons (Fsp3) is 0.375. The molecule has 0 radical (unpaired) electrons. The number of carbonyl (C=O) groups is 1. The number of rotatable bonds is 2. The van der Waals surface area contributed by atoms with Crippen molar-refractivity contribution >= 4 is 17.2 Å². The maximum atomic E-state index is 13.8. The van der Waals surface area contributed by atoms with Crippen molar-refractivity contribution in [1.29, 1.82) is 0 Å². The Labute approximate surface area is 136 Å². The molecular formula is C16H16F2N2O2S. The summed E-state index contributed by atoms with van der Waals surface area (Å²) in [6.07, 6.45) is -0.0442. The monoisotopic (exact) mass is 338 g/mol. The molecule has 1 aliphatic rings. The molecule has 23 heavy (non-hydrogen) atoms. The minimum absolute atomic E-state index is 0.0442. The number of thiazole rings is 1. The van der Waals surface area contributed by atoms with Crippen LogP contribution in [-0.4, -0.2) is 41.1 Å². The number of amides is 1. The molecule has 0 aliphatic carbocycles. The van der Waals surface area contributed by atoms with Gasteiger partial charge in [-0.3, -0.25) is 4.79 Å². The van der Waals surface area contributed by atoms with Crippen molar-refractivity contribution in [2.24, 2.45) is 0 Å². The van der Waals surface area contributed by atoms with Crippen molar-refractivity contribution in [1.82, 2.24) is 9.88 Å². The Kier molecular flexibility index (Phi) is 4.41. The Hall–Kier alpha value is -1.86. The summed E-state index contributed by atoms with van der Waals surface area (Å²) in [4.78, 5) is 18.4. The molecule has 0 saturated carbocycles. The largest absolute Gasteiger partial charge is 0.375 e. The van der Waals surface area contributed by atoms with Crippen LogP contribution >= 0.6 is 11.3 Å². The third-order valence-corrected chi connectivity index (χ3v) is 4.63. The first-order valence-corrected chi connectivity index (χ1v) is 8.18. The molecule has 0 unspecified atom stereocenters. The standard InChI is InChI=1S/C16H16F2N2O2S/c1-9-7-22-10(2)6-20(9)16(21)13-8-23-15(19-13)14-11(17)4-3-5-12(14)18/h3-5,8-10H,6-7H2,1-2H3/t9-,10+/m1/s1. The van der Waals surface area contributed by atoms with E-state index < -0.39 is 11.6 Å². The van der Waals surface area contributed by atoms with Gasteiger partial charge in [0.15, 0.2) is 0 Å². The zero-order valence-electron chi connectivity index (χ0n) is 12.8. The summed E-state index contributed by atoms with van der Waals surface area (Å²) in [5.41, 5.74) is 0.00791. The maximum absolute atomic E-state index is 13.8. The molecule has 0 spiro atoms. The van der Waals surface area contributed by atoms with E-state index in [9.17, 15) is 13.6 Å². The molecule has 0 bridgehead atoms. The summed E-state index contributed by atoms with van der Waals surface area (Å²) in [5.74, 6) is -1.62. The van der Waals surface area contributed by atoms with E-state index in [0.717, 1.165) is 11.3 Å². The Bertz CT molecular complexity index is 714. The quantitative estimate of drug-likeness (QED) is 0.843. The highest BCUT2D eigenvalue weighted by Crippen LogP contribution is 2.29. The summed E-state index contributed by atoms with van der Waals surface area (Å²) >= 11 is 1.06. The Morgan fingerprint density at radius 1 is 1.35 bits per heavy atom. The average Bonchev–Trinajstić information content (AvgIpc) is 2.98. The van der Waals surface area contributed by atoms with Gasteiger partial charge < -0.3 is 9.64 Å². The van der Waals surface area contributed by atoms with E-state index in [4.69, 9.17) is 4.74 Å². The number of benzene rings is 1. The van der Waals surface area contributed by atoms with Crippen molar-refractivity contribution in [3.05, 3.63) is 40.9 Å². The van der Waals surface area contributed by atoms with Crippen LogP contribution in [-0.2, 0) is 4.74 Å². The normalized spacial score (nSPS) is 21.5. The second-order valence-electron chi connectivity index (χ2n) is 5.59. The minimum Gasteiger partial charge on any atom is -0.375 e. The Balaban J connectivity index is 1.88. The molecule has 4 nitrogen and oxygen atoms in total. The fourth-order valence-corrected chi connectivity index (χ4v) is 3.36. The molecule has 1 aliphatic heterocycles. The Morgan fingerprint density at radius 3 is 2.74 bits per heavy atom. The van der Waals surface area contributed by atoms with Gasteiger partial charge in [0.25, 0.3) is 5.91 Å². The molecule has 122 valence electrons. The van der Waals surface area contributed by atoms with E-state index in [-0.39, 0.29) is 34.3 Å².